The normalized spacial score (nSPS) is 14.7. The van der Waals surface area contributed by atoms with Gasteiger partial charge in [0.2, 0.25) is 5.91 Å². The van der Waals surface area contributed by atoms with Crippen LogP contribution in [0, 0.1) is 0 Å². The number of nitrogens with one attached hydrogen (secondary N) is 2. The van der Waals surface area contributed by atoms with E-state index in [1.54, 1.807) is 30.5 Å². The van der Waals surface area contributed by atoms with Crippen LogP contribution in [0.4, 0.5) is 5.82 Å². The first kappa shape index (κ1) is 20.8. The van der Waals surface area contributed by atoms with Gasteiger partial charge in [-0.05, 0) is 36.9 Å². The Morgan fingerprint density at radius 3 is 2.71 bits per heavy atom. The molecule has 162 valence electrons. The molecule has 0 atom stereocenters. The molecular formula is C22H26N6O3. The number of rotatable bonds is 6. The molecule has 0 unspecified atom stereocenters. The van der Waals surface area contributed by atoms with Gasteiger partial charge in [-0.2, -0.15) is 0 Å². The minimum atomic E-state index is -0.512. The van der Waals surface area contributed by atoms with Crippen molar-refractivity contribution in [3.8, 4) is 0 Å². The Kier molecular flexibility index (Phi) is 6.13. The second kappa shape index (κ2) is 9.13. The highest BCUT2D eigenvalue weighted by Crippen LogP contribution is 2.15. The predicted octanol–water partition coefficient (Wildman–Crippen LogP) is 0.543. The number of nitrogens with zero attached hydrogens (tertiary/aromatic N) is 4. The number of para-hydroxylation sites is 1. The van der Waals surface area contributed by atoms with Gasteiger partial charge in [-0.3, -0.25) is 19.1 Å². The smallest absolute Gasteiger partial charge is 0.328 e. The minimum absolute atomic E-state index is 0.131. The number of hydrogen-bond donors (Lipinski definition) is 2. The average molecular weight is 422 g/mol. The van der Waals surface area contributed by atoms with Crippen LogP contribution in [0.2, 0.25) is 0 Å². The Hall–Kier alpha value is -3.46. The summed E-state index contributed by atoms with van der Waals surface area (Å²) in [6, 6.07) is 10.8. The highest BCUT2D eigenvalue weighted by Gasteiger charge is 2.15. The molecule has 0 spiro atoms. The summed E-state index contributed by atoms with van der Waals surface area (Å²) >= 11 is 0. The van der Waals surface area contributed by atoms with Gasteiger partial charge in [-0.25, -0.2) is 9.78 Å². The van der Waals surface area contributed by atoms with E-state index in [-0.39, 0.29) is 18.9 Å². The molecule has 31 heavy (non-hydrogen) atoms. The molecule has 0 saturated carbocycles. The van der Waals surface area contributed by atoms with Crippen molar-refractivity contribution in [3.63, 3.8) is 0 Å². The van der Waals surface area contributed by atoms with Gasteiger partial charge < -0.3 is 15.1 Å². The van der Waals surface area contributed by atoms with E-state index < -0.39 is 11.2 Å². The number of pyridine rings is 1. The van der Waals surface area contributed by atoms with Crippen molar-refractivity contribution in [1.82, 2.24) is 24.8 Å². The van der Waals surface area contributed by atoms with Crippen molar-refractivity contribution < 1.29 is 4.79 Å². The average Bonchev–Trinajstić information content (AvgIpc) is 2.78. The van der Waals surface area contributed by atoms with Crippen LogP contribution in [0.1, 0.15) is 12.0 Å². The largest absolute Gasteiger partial charge is 0.354 e. The van der Waals surface area contributed by atoms with Crippen LogP contribution < -0.4 is 21.5 Å². The molecule has 1 amide bonds. The van der Waals surface area contributed by atoms with Crippen molar-refractivity contribution in [2.45, 2.75) is 19.5 Å². The maximum Gasteiger partial charge on any atom is 0.328 e. The Labute approximate surface area is 179 Å². The molecule has 2 aromatic heterocycles. The summed E-state index contributed by atoms with van der Waals surface area (Å²) < 4.78 is 1.42. The zero-order valence-corrected chi connectivity index (χ0v) is 17.5. The molecule has 1 aromatic carbocycles. The molecule has 0 bridgehead atoms. The van der Waals surface area contributed by atoms with Gasteiger partial charge >= 0.3 is 5.69 Å². The van der Waals surface area contributed by atoms with Gasteiger partial charge in [0, 0.05) is 51.9 Å². The van der Waals surface area contributed by atoms with Crippen LogP contribution in [-0.4, -0.2) is 58.6 Å². The Morgan fingerprint density at radius 1 is 1.13 bits per heavy atom. The molecule has 1 aliphatic rings. The number of aromatic amines is 1. The first-order chi connectivity index (χ1) is 15.0. The molecule has 3 heterocycles. The van der Waals surface area contributed by atoms with E-state index >= 15 is 0 Å². The lowest BCUT2D eigenvalue weighted by molar-refractivity contribution is -0.121. The molecule has 1 aliphatic heterocycles. The Balaban J connectivity index is 1.37. The summed E-state index contributed by atoms with van der Waals surface area (Å²) in [5.41, 5.74) is 0.566. The molecule has 3 aromatic rings. The SMILES string of the molecule is CN1CCN(c2cc(CNC(=O)CCn3c(=O)[nH]c(=O)c4ccccc43)ccn2)CC1. The molecular weight excluding hydrogens is 396 g/mol. The number of carbonyl (C=O) groups excluding carboxylic acids is 1. The first-order valence-corrected chi connectivity index (χ1v) is 10.4. The van der Waals surface area contributed by atoms with Gasteiger partial charge in [-0.1, -0.05) is 12.1 Å². The Morgan fingerprint density at radius 2 is 1.90 bits per heavy atom. The van der Waals surface area contributed by atoms with Gasteiger partial charge in [0.15, 0.2) is 0 Å². The van der Waals surface area contributed by atoms with E-state index in [0.717, 1.165) is 37.6 Å². The number of aromatic nitrogens is 3. The van der Waals surface area contributed by atoms with Crippen LogP contribution in [0.3, 0.4) is 0 Å². The highest BCUT2D eigenvalue weighted by atomic mass is 16.2. The fraction of sp³-hybridized carbons (Fsp3) is 0.364. The van der Waals surface area contributed by atoms with Crippen LogP contribution >= 0.6 is 0 Å². The summed E-state index contributed by atoms with van der Waals surface area (Å²) in [6.07, 6.45) is 1.90. The number of H-pyrrole nitrogens is 1. The fourth-order valence-electron chi connectivity index (χ4n) is 3.75. The summed E-state index contributed by atoms with van der Waals surface area (Å²) in [4.78, 5) is 47.9. The second-order valence-electron chi connectivity index (χ2n) is 7.77. The third kappa shape index (κ3) is 4.83. The third-order valence-corrected chi connectivity index (χ3v) is 5.59. The summed E-state index contributed by atoms with van der Waals surface area (Å²) in [5, 5.41) is 3.33. The lowest BCUT2D eigenvalue weighted by Crippen LogP contribution is -2.44. The predicted molar refractivity (Wildman–Crippen MR) is 119 cm³/mol. The molecule has 0 radical (unpaired) electrons. The molecule has 2 N–H and O–H groups in total. The van der Waals surface area contributed by atoms with Crippen molar-refractivity contribution in [2.75, 3.05) is 38.1 Å². The van der Waals surface area contributed by atoms with E-state index in [2.05, 4.69) is 32.1 Å². The minimum Gasteiger partial charge on any atom is -0.354 e. The van der Waals surface area contributed by atoms with Gasteiger partial charge in [-0.15, -0.1) is 0 Å². The molecule has 1 fully saturated rings. The lowest BCUT2D eigenvalue weighted by Gasteiger charge is -2.33. The highest BCUT2D eigenvalue weighted by molar-refractivity contribution is 5.78. The van der Waals surface area contributed by atoms with E-state index in [1.165, 1.54) is 4.57 Å². The lowest BCUT2D eigenvalue weighted by atomic mass is 10.2. The maximum absolute atomic E-state index is 12.4. The molecule has 4 rings (SSSR count). The number of benzene rings is 1. The van der Waals surface area contributed by atoms with Crippen LogP contribution in [0.15, 0.2) is 52.2 Å². The van der Waals surface area contributed by atoms with Gasteiger partial charge in [0.05, 0.1) is 10.9 Å². The second-order valence-corrected chi connectivity index (χ2v) is 7.77. The van der Waals surface area contributed by atoms with Crippen LogP contribution in [0.5, 0.6) is 0 Å². The number of anilines is 1. The van der Waals surface area contributed by atoms with Crippen molar-refractivity contribution in [1.29, 1.82) is 0 Å². The number of amides is 1. The van der Waals surface area contributed by atoms with E-state index in [1.807, 2.05) is 12.1 Å². The summed E-state index contributed by atoms with van der Waals surface area (Å²) in [6.45, 7) is 4.44. The van der Waals surface area contributed by atoms with E-state index in [9.17, 15) is 14.4 Å². The van der Waals surface area contributed by atoms with Crippen molar-refractivity contribution in [3.05, 3.63) is 69.0 Å². The van der Waals surface area contributed by atoms with Gasteiger partial charge in [0.1, 0.15) is 5.82 Å². The van der Waals surface area contributed by atoms with Crippen molar-refractivity contribution in [2.24, 2.45) is 0 Å². The topological polar surface area (TPSA) is 103 Å². The number of hydrogen-bond acceptors (Lipinski definition) is 6. The Bertz CT molecular complexity index is 1190. The number of piperazine rings is 1. The molecule has 0 aliphatic carbocycles. The maximum atomic E-state index is 12.4. The van der Waals surface area contributed by atoms with Crippen molar-refractivity contribution >= 4 is 22.6 Å². The van der Waals surface area contributed by atoms with E-state index in [0.29, 0.717) is 17.4 Å². The first-order valence-electron chi connectivity index (χ1n) is 10.4. The van der Waals surface area contributed by atoms with Crippen LogP contribution in [0.25, 0.3) is 10.9 Å². The zero-order chi connectivity index (χ0) is 21.8. The number of carbonyl (C=O) groups is 1. The van der Waals surface area contributed by atoms with Gasteiger partial charge in [0.25, 0.3) is 5.56 Å². The third-order valence-electron chi connectivity index (χ3n) is 5.59. The quantitative estimate of drug-likeness (QED) is 0.601. The zero-order valence-electron chi connectivity index (χ0n) is 17.5. The fourth-order valence-corrected chi connectivity index (χ4v) is 3.75. The summed E-state index contributed by atoms with van der Waals surface area (Å²) in [7, 11) is 2.11. The summed E-state index contributed by atoms with van der Waals surface area (Å²) in [5.74, 6) is 0.756. The number of fused-ring (bicyclic) bond motifs is 1. The van der Waals surface area contributed by atoms with Crippen LogP contribution in [-0.2, 0) is 17.9 Å². The number of likely N-dealkylation sites (N-methyl/N-ethyl adjacent to an activating group) is 1. The molecule has 9 nitrogen and oxygen atoms in total. The number of aryl methyl sites for hydroxylation is 1. The molecule has 9 heteroatoms. The monoisotopic (exact) mass is 422 g/mol. The van der Waals surface area contributed by atoms with E-state index in [4.69, 9.17) is 0 Å². The standard InChI is InChI=1S/C22H26N6O3/c1-26-10-12-27(13-11-26)19-14-16(6-8-23-19)15-24-20(29)7-9-28-18-5-3-2-4-17(18)21(30)25-22(28)31/h2-6,8,14H,7,9-13,15H2,1H3,(H,24,29)(H,25,30,31). The molecule has 1 saturated heterocycles.